The summed E-state index contributed by atoms with van der Waals surface area (Å²) in [7, 11) is 4.86. The number of methoxy groups -OCH3 is 3. The van der Waals surface area contributed by atoms with Crippen molar-refractivity contribution in [2.75, 3.05) is 66.0 Å². The van der Waals surface area contributed by atoms with Crippen molar-refractivity contribution in [3.05, 3.63) is 18.2 Å². The van der Waals surface area contributed by atoms with E-state index in [4.69, 9.17) is 14.2 Å². The van der Waals surface area contributed by atoms with Gasteiger partial charge in [0.15, 0.2) is 0 Å². The molecule has 1 N–H and O–H groups in total. The molecule has 1 aromatic carbocycles. The molecule has 0 saturated carbocycles. The van der Waals surface area contributed by atoms with E-state index < -0.39 is 0 Å². The minimum atomic E-state index is -0.111. The van der Waals surface area contributed by atoms with Crippen LogP contribution in [-0.4, -0.2) is 76.5 Å². The summed E-state index contributed by atoms with van der Waals surface area (Å²) in [5, 5.41) is 2.90. The molecule has 1 aliphatic heterocycles. The number of amides is 2. The van der Waals surface area contributed by atoms with E-state index in [1.54, 1.807) is 39.5 Å². The predicted molar refractivity (Wildman–Crippen MR) is 88.5 cm³/mol. The molecule has 2 amide bonds. The number of carbonyl (C=O) groups is 1. The third-order valence-electron chi connectivity index (χ3n) is 3.92. The highest BCUT2D eigenvalue weighted by molar-refractivity contribution is 5.91. The smallest absolute Gasteiger partial charge is 0.322 e. The standard InChI is InChI=1S/C16H25N3O4/c1-21-11-10-18-6-8-19(9-7-18)16(20)17-14-5-4-13(22-2)12-15(14)23-3/h4-5,12H,6-11H2,1-3H3,(H,17,20). The van der Waals surface area contributed by atoms with Crippen molar-refractivity contribution in [3.8, 4) is 11.5 Å². The van der Waals surface area contributed by atoms with Crippen molar-refractivity contribution in [2.24, 2.45) is 0 Å². The number of hydrogen-bond donors (Lipinski definition) is 1. The lowest BCUT2D eigenvalue weighted by Gasteiger charge is -2.34. The van der Waals surface area contributed by atoms with Gasteiger partial charge in [-0.2, -0.15) is 0 Å². The lowest BCUT2D eigenvalue weighted by atomic mass is 10.2. The number of carbonyl (C=O) groups excluding carboxylic acids is 1. The highest BCUT2D eigenvalue weighted by atomic mass is 16.5. The van der Waals surface area contributed by atoms with Crippen molar-refractivity contribution in [1.29, 1.82) is 0 Å². The zero-order chi connectivity index (χ0) is 16.7. The second-order valence-corrected chi connectivity index (χ2v) is 5.32. The number of piperazine rings is 1. The lowest BCUT2D eigenvalue weighted by molar-refractivity contribution is 0.109. The number of rotatable bonds is 6. The van der Waals surface area contributed by atoms with Gasteiger partial charge in [0.25, 0.3) is 0 Å². The molecule has 7 heteroatoms. The molecule has 0 atom stereocenters. The average Bonchev–Trinajstić information content (AvgIpc) is 2.60. The predicted octanol–water partition coefficient (Wildman–Crippen LogP) is 1.50. The van der Waals surface area contributed by atoms with Crippen LogP contribution in [0.3, 0.4) is 0 Å². The van der Waals surface area contributed by atoms with Gasteiger partial charge in [-0.15, -0.1) is 0 Å². The minimum Gasteiger partial charge on any atom is -0.497 e. The van der Waals surface area contributed by atoms with Crippen LogP contribution >= 0.6 is 0 Å². The molecule has 23 heavy (non-hydrogen) atoms. The van der Waals surface area contributed by atoms with Crippen LogP contribution in [0.2, 0.25) is 0 Å². The zero-order valence-corrected chi connectivity index (χ0v) is 14.0. The molecule has 0 bridgehead atoms. The van der Waals surface area contributed by atoms with E-state index >= 15 is 0 Å². The topological polar surface area (TPSA) is 63.3 Å². The first-order valence-corrected chi connectivity index (χ1v) is 7.67. The maximum Gasteiger partial charge on any atom is 0.322 e. The van der Waals surface area contributed by atoms with Gasteiger partial charge in [0.1, 0.15) is 11.5 Å². The molecule has 128 valence electrons. The van der Waals surface area contributed by atoms with E-state index in [9.17, 15) is 4.79 Å². The average molecular weight is 323 g/mol. The van der Waals surface area contributed by atoms with Gasteiger partial charge in [-0.1, -0.05) is 0 Å². The number of urea groups is 1. The fourth-order valence-corrected chi connectivity index (χ4v) is 2.49. The van der Waals surface area contributed by atoms with Crippen LogP contribution in [0.4, 0.5) is 10.5 Å². The molecule has 1 saturated heterocycles. The van der Waals surface area contributed by atoms with E-state index in [1.807, 2.05) is 4.90 Å². The second kappa shape index (κ2) is 8.59. The summed E-state index contributed by atoms with van der Waals surface area (Å²) in [5.41, 5.74) is 0.639. The van der Waals surface area contributed by atoms with Crippen LogP contribution in [0.15, 0.2) is 18.2 Å². The van der Waals surface area contributed by atoms with Crippen LogP contribution in [0.25, 0.3) is 0 Å². The SMILES string of the molecule is COCCN1CCN(C(=O)Nc2ccc(OC)cc2OC)CC1. The first-order valence-electron chi connectivity index (χ1n) is 7.67. The quantitative estimate of drug-likeness (QED) is 0.859. The van der Waals surface area contributed by atoms with Crippen LogP contribution in [-0.2, 0) is 4.74 Å². The van der Waals surface area contributed by atoms with Crippen molar-refractivity contribution in [3.63, 3.8) is 0 Å². The number of ether oxygens (including phenoxy) is 3. The maximum absolute atomic E-state index is 12.4. The number of nitrogens with one attached hydrogen (secondary N) is 1. The first kappa shape index (κ1) is 17.4. The van der Waals surface area contributed by atoms with Crippen molar-refractivity contribution >= 4 is 11.7 Å². The van der Waals surface area contributed by atoms with Crippen LogP contribution in [0, 0.1) is 0 Å². The molecule has 0 aromatic heterocycles. The molecule has 0 aliphatic carbocycles. The van der Waals surface area contributed by atoms with Gasteiger partial charge >= 0.3 is 6.03 Å². The van der Waals surface area contributed by atoms with Gasteiger partial charge in [0.05, 0.1) is 26.5 Å². The van der Waals surface area contributed by atoms with Crippen molar-refractivity contribution < 1.29 is 19.0 Å². The second-order valence-electron chi connectivity index (χ2n) is 5.32. The Morgan fingerprint density at radius 1 is 1.13 bits per heavy atom. The molecule has 1 fully saturated rings. The summed E-state index contributed by atoms with van der Waals surface area (Å²) >= 11 is 0. The Bertz CT molecular complexity index is 516. The Labute approximate surface area is 137 Å². The maximum atomic E-state index is 12.4. The summed E-state index contributed by atoms with van der Waals surface area (Å²) in [4.78, 5) is 16.5. The molecule has 0 unspecified atom stereocenters. The summed E-state index contributed by atoms with van der Waals surface area (Å²) in [6.07, 6.45) is 0. The van der Waals surface area contributed by atoms with Gasteiger partial charge < -0.3 is 24.4 Å². The lowest BCUT2D eigenvalue weighted by Crippen LogP contribution is -2.50. The van der Waals surface area contributed by atoms with E-state index in [-0.39, 0.29) is 6.03 Å². The summed E-state index contributed by atoms with van der Waals surface area (Å²) < 4.78 is 15.5. The molecule has 2 rings (SSSR count). The van der Waals surface area contributed by atoms with Gasteiger partial charge in [-0.25, -0.2) is 4.79 Å². The summed E-state index contributed by atoms with van der Waals surface area (Å²) in [6, 6.07) is 5.21. The summed E-state index contributed by atoms with van der Waals surface area (Å²) in [6.45, 7) is 4.74. The third-order valence-corrected chi connectivity index (χ3v) is 3.92. The minimum absolute atomic E-state index is 0.111. The fourth-order valence-electron chi connectivity index (χ4n) is 2.49. The van der Waals surface area contributed by atoms with Crippen LogP contribution in [0.1, 0.15) is 0 Å². The molecule has 1 aliphatic rings. The van der Waals surface area contributed by atoms with Crippen molar-refractivity contribution in [1.82, 2.24) is 9.80 Å². The molecule has 0 spiro atoms. The van der Waals surface area contributed by atoms with E-state index in [0.717, 1.165) is 26.2 Å². The van der Waals surface area contributed by atoms with E-state index in [1.165, 1.54) is 0 Å². The monoisotopic (exact) mass is 323 g/mol. The van der Waals surface area contributed by atoms with Gasteiger partial charge in [0.2, 0.25) is 0 Å². The fraction of sp³-hybridized carbons (Fsp3) is 0.562. The van der Waals surface area contributed by atoms with Gasteiger partial charge in [-0.05, 0) is 12.1 Å². The molecule has 1 heterocycles. The zero-order valence-electron chi connectivity index (χ0n) is 14.0. The van der Waals surface area contributed by atoms with Crippen LogP contribution < -0.4 is 14.8 Å². The molecular weight excluding hydrogens is 298 g/mol. The van der Waals surface area contributed by atoms with Gasteiger partial charge in [0, 0.05) is 45.9 Å². The Morgan fingerprint density at radius 2 is 1.87 bits per heavy atom. The van der Waals surface area contributed by atoms with Gasteiger partial charge in [-0.3, -0.25) is 4.90 Å². The largest absolute Gasteiger partial charge is 0.497 e. The number of anilines is 1. The normalized spacial score (nSPS) is 15.3. The molecule has 0 radical (unpaired) electrons. The highest BCUT2D eigenvalue weighted by Gasteiger charge is 2.21. The van der Waals surface area contributed by atoms with Crippen LogP contribution in [0.5, 0.6) is 11.5 Å². The number of benzene rings is 1. The number of hydrogen-bond acceptors (Lipinski definition) is 5. The van der Waals surface area contributed by atoms with E-state index in [0.29, 0.717) is 30.3 Å². The summed E-state index contributed by atoms with van der Waals surface area (Å²) in [5.74, 6) is 1.27. The highest BCUT2D eigenvalue weighted by Crippen LogP contribution is 2.29. The molecular formula is C16H25N3O4. The first-order chi connectivity index (χ1) is 11.2. The third kappa shape index (κ3) is 4.74. The van der Waals surface area contributed by atoms with Crippen molar-refractivity contribution in [2.45, 2.75) is 0 Å². The molecule has 7 nitrogen and oxygen atoms in total. The Kier molecular flexibility index (Phi) is 6.49. The number of nitrogens with zero attached hydrogens (tertiary/aromatic N) is 2. The van der Waals surface area contributed by atoms with E-state index in [2.05, 4.69) is 10.2 Å². The Balaban J connectivity index is 1.90. The Hall–Kier alpha value is -1.99. The Morgan fingerprint density at radius 3 is 2.48 bits per heavy atom. The molecule has 1 aromatic rings.